The van der Waals surface area contributed by atoms with Crippen molar-refractivity contribution in [2.45, 2.75) is 30.2 Å². The van der Waals surface area contributed by atoms with Gasteiger partial charge in [0.15, 0.2) is 0 Å². The van der Waals surface area contributed by atoms with Crippen LogP contribution in [-0.2, 0) is 14.8 Å². The molecular weight excluding hydrogens is 372 g/mol. The predicted molar refractivity (Wildman–Crippen MR) is 103 cm³/mol. The number of nitrogens with zero attached hydrogens (tertiary/aromatic N) is 1. The molecule has 144 valence electrons. The summed E-state index contributed by atoms with van der Waals surface area (Å²) in [6, 6.07) is 6.53. The lowest BCUT2D eigenvalue weighted by atomic mass is 9.96. The molecule has 0 radical (unpaired) electrons. The lowest BCUT2D eigenvalue weighted by Gasteiger charge is -2.35. The standard InChI is InChI=1S/C18H26N2O4S2/c1-24-18(21)15-2-4-17(5-3-15)26(22,23)19-12-14-6-9-20(10-7-14)16-8-11-25-13-16/h2-5,14,16,19H,6-13H2,1H3. The molecule has 8 heteroatoms. The van der Waals surface area contributed by atoms with Crippen LogP contribution in [0, 0.1) is 5.92 Å². The van der Waals surface area contributed by atoms with Gasteiger partial charge >= 0.3 is 5.97 Å². The van der Waals surface area contributed by atoms with Gasteiger partial charge in [0.25, 0.3) is 0 Å². The molecule has 2 saturated heterocycles. The van der Waals surface area contributed by atoms with Crippen LogP contribution < -0.4 is 4.72 Å². The Morgan fingerprint density at radius 2 is 1.92 bits per heavy atom. The molecule has 1 aromatic rings. The summed E-state index contributed by atoms with van der Waals surface area (Å²) in [5.74, 6) is 2.40. The molecule has 2 aliphatic rings. The van der Waals surface area contributed by atoms with E-state index >= 15 is 0 Å². The average molecular weight is 399 g/mol. The summed E-state index contributed by atoms with van der Waals surface area (Å²) in [6.45, 7) is 2.59. The van der Waals surface area contributed by atoms with E-state index in [0.717, 1.165) is 25.9 Å². The van der Waals surface area contributed by atoms with Gasteiger partial charge in [-0.25, -0.2) is 17.9 Å². The Morgan fingerprint density at radius 1 is 1.23 bits per heavy atom. The fourth-order valence-electron chi connectivity index (χ4n) is 3.53. The van der Waals surface area contributed by atoms with Crippen LogP contribution in [0.1, 0.15) is 29.6 Å². The van der Waals surface area contributed by atoms with Crippen molar-refractivity contribution < 1.29 is 17.9 Å². The van der Waals surface area contributed by atoms with E-state index in [-0.39, 0.29) is 4.90 Å². The zero-order chi connectivity index (χ0) is 18.6. The van der Waals surface area contributed by atoms with Gasteiger partial charge in [-0.3, -0.25) is 4.90 Å². The van der Waals surface area contributed by atoms with Gasteiger partial charge in [-0.05, 0) is 68.3 Å². The zero-order valence-electron chi connectivity index (χ0n) is 15.0. The second-order valence-electron chi connectivity index (χ2n) is 6.86. The normalized spacial score (nSPS) is 22.4. The quantitative estimate of drug-likeness (QED) is 0.739. The minimum atomic E-state index is -3.56. The van der Waals surface area contributed by atoms with E-state index in [1.165, 1.54) is 49.3 Å². The third-order valence-corrected chi connectivity index (χ3v) is 7.80. The molecule has 2 heterocycles. The Bertz CT molecular complexity index is 707. The third-order valence-electron chi connectivity index (χ3n) is 5.22. The van der Waals surface area contributed by atoms with Gasteiger partial charge in [0, 0.05) is 18.3 Å². The summed E-state index contributed by atoms with van der Waals surface area (Å²) in [5.41, 5.74) is 0.337. The third kappa shape index (κ3) is 4.79. The Balaban J connectivity index is 1.50. The van der Waals surface area contributed by atoms with Gasteiger partial charge in [-0.2, -0.15) is 11.8 Å². The summed E-state index contributed by atoms with van der Waals surface area (Å²) in [6.07, 6.45) is 3.35. The second-order valence-corrected chi connectivity index (χ2v) is 9.78. The largest absolute Gasteiger partial charge is 0.465 e. The van der Waals surface area contributed by atoms with E-state index in [0.29, 0.717) is 24.1 Å². The number of likely N-dealkylation sites (tertiary alicyclic amines) is 1. The van der Waals surface area contributed by atoms with E-state index in [9.17, 15) is 13.2 Å². The Labute approximate surface area is 159 Å². The van der Waals surface area contributed by atoms with Crippen molar-refractivity contribution in [2.24, 2.45) is 5.92 Å². The number of sulfonamides is 1. The van der Waals surface area contributed by atoms with E-state index < -0.39 is 16.0 Å². The molecule has 0 aliphatic carbocycles. The maximum absolute atomic E-state index is 12.5. The summed E-state index contributed by atoms with van der Waals surface area (Å²) in [4.78, 5) is 14.2. The van der Waals surface area contributed by atoms with Crippen LogP contribution in [0.2, 0.25) is 0 Å². The molecule has 0 bridgehead atoms. The first kappa shape index (κ1) is 19.7. The van der Waals surface area contributed by atoms with Gasteiger partial charge in [0.05, 0.1) is 17.6 Å². The molecule has 1 N–H and O–H groups in total. The molecule has 6 nitrogen and oxygen atoms in total. The molecule has 3 rings (SSSR count). The molecule has 0 amide bonds. The van der Waals surface area contributed by atoms with E-state index in [1.807, 2.05) is 11.8 Å². The topological polar surface area (TPSA) is 75.7 Å². The Hall–Kier alpha value is -1.09. The maximum atomic E-state index is 12.5. The number of methoxy groups -OCH3 is 1. The number of piperidine rings is 1. The van der Waals surface area contributed by atoms with Crippen molar-refractivity contribution >= 4 is 27.8 Å². The van der Waals surface area contributed by atoms with Gasteiger partial charge in [-0.1, -0.05) is 0 Å². The molecule has 0 spiro atoms. The van der Waals surface area contributed by atoms with Gasteiger partial charge < -0.3 is 4.74 Å². The minimum absolute atomic E-state index is 0.172. The lowest BCUT2D eigenvalue weighted by Crippen LogP contribution is -2.43. The highest BCUT2D eigenvalue weighted by atomic mass is 32.2. The van der Waals surface area contributed by atoms with Gasteiger partial charge in [-0.15, -0.1) is 0 Å². The first-order valence-corrected chi connectivity index (χ1v) is 11.6. The molecule has 26 heavy (non-hydrogen) atoms. The molecule has 1 atom stereocenters. The van der Waals surface area contributed by atoms with Crippen LogP contribution in [0.5, 0.6) is 0 Å². The second kappa shape index (κ2) is 8.73. The molecular formula is C18H26N2O4S2. The summed E-state index contributed by atoms with van der Waals surface area (Å²) >= 11 is 2.03. The van der Waals surface area contributed by atoms with E-state index in [1.54, 1.807) is 0 Å². The SMILES string of the molecule is COC(=O)c1ccc(S(=O)(=O)NCC2CCN(C3CCSC3)CC2)cc1. The molecule has 0 aromatic heterocycles. The van der Waals surface area contributed by atoms with Crippen LogP contribution in [0.25, 0.3) is 0 Å². The Kier molecular flexibility index (Phi) is 6.60. The maximum Gasteiger partial charge on any atom is 0.337 e. The Morgan fingerprint density at radius 3 is 2.50 bits per heavy atom. The van der Waals surface area contributed by atoms with E-state index in [4.69, 9.17) is 0 Å². The van der Waals surface area contributed by atoms with Crippen molar-refractivity contribution in [2.75, 3.05) is 38.2 Å². The fourth-order valence-corrected chi connectivity index (χ4v) is 5.90. The minimum Gasteiger partial charge on any atom is -0.465 e. The van der Waals surface area contributed by atoms with Crippen molar-refractivity contribution in [1.82, 2.24) is 9.62 Å². The lowest BCUT2D eigenvalue weighted by molar-refractivity contribution is 0.0600. The van der Waals surface area contributed by atoms with Crippen molar-refractivity contribution in [3.05, 3.63) is 29.8 Å². The number of benzene rings is 1. The molecule has 1 aromatic carbocycles. The van der Waals surface area contributed by atoms with E-state index in [2.05, 4.69) is 14.4 Å². The highest BCUT2D eigenvalue weighted by molar-refractivity contribution is 7.99. The predicted octanol–water partition coefficient (Wildman–Crippen LogP) is 1.97. The van der Waals surface area contributed by atoms with Crippen LogP contribution in [0.4, 0.5) is 0 Å². The summed E-state index contributed by atoms with van der Waals surface area (Å²) in [7, 11) is -2.26. The highest BCUT2D eigenvalue weighted by Crippen LogP contribution is 2.26. The first-order valence-electron chi connectivity index (χ1n) is 8.99. The van der Waals surface area contributed by atoms with Crippen LogP contribution >= 0.6 is 11.8 Å². The molecule has 1 unspecified atom stereocenters. The number of esters is 1. The molecule has 2 fully saturated rings. The number of thioether (sulfide) groups is 1. The first-order chi connectivity index (χ1) is 12.5. The van der Waals surface area contributed by atoms with Crippen molar-refractivity contribution in [1.29, 1.82) is 0 Å². The van der Waals surface area contributed by atoms with Crippen molar-refractivity contribution in [3.63, 3.8) is 0 Å². The average Bonchev–Trinajstić information content (AvgIpc) is 3.21. The number of hydrogen-bond donors (Lipinski definition) is 1. The number of ether oxygens (including phenoxy) is 1. The smallest absolute Gasteiger partial charge is 0.337 e. The number of hydrogen-bond acceptors (Lipinski definition) is 6. The zero-order valence-corrected chi connectivity index (χ0v) is 16.7. The van der Waals surface area contributed by atoms with Crippen LogP contribution in [0.3, 0.4) is 0 Å². The summed E-state index contributed by atoms with van der Waals surface area (Å²) < 4.78 is 32.3. The number of rotatable bonds is 6. The number of nitrogens with one attached hydrogen (secondary N) is 1. The number of carbonyl (C=O) groups excluding carboxylic acids is 1. The molecule has 2 aliphatic heterocycles. The fraction of sp³-hybridized carbons (Fsp3) is 0.611. The van der Waals surface area contributed by atoms with Crippen LogP contribution in [0.15, 0.2) is 29.2 Å². The monoisotopic (exact) mass is 398 g/mol. The van der Waals surface area contributed by atoms with Gasteiger partial charge in [0.1, 0.15) is 0 Å². The van der Waals surface area contributed by atoms with Crippen LogP contribution in [-0.4, -0.2) is 63.6 Å². The number of carbonyl (C=O) groups is 1. The van der Waals surface area contributed by atoms with Crippen molar-refractivity contribution in [3.8, 4) is 0 Å². The van der Waals surface area contributed by atoms with Gasteiger partial charge in [0.2, 0.25) is 10.0 Å². The highest BCUT2D eigenvalue weighted by Gasteiger charge is 2.28. The molecule has 0 saturated carbocycles. The summed E-state index contributed by atoms with van der Waals surface area (Å²) in [5, 5.41) is 0.